The van der Waals surface area contributed by atoms with Crippen LogP contribution in [0, 0.1) is 6.92 Å². The minimum Gasteiger partial charge on any atom is -0.496 e. The Morgan fingerprint density at radius 3 is 2.64 bits per heavy atom. The zero-order chi connectivity index (χ0) is 20.1. The second kappa shape index (κ2) is 8.22. The minimum absolute atomic E-state index is 0.216. The fourth-order valence-corrected chi connectivity index (χ4v) is 2.69. The fraction of sp³-hybridized carbons (Fsp3) is 0.0952. The third-order valence-electron chi connectivity index (χ3n) is 4.08. The van der Waals surface area contributed by atoms with Crippen molar-refractivity contribution < 1.29 is 23.8 Å². The van der Waals surface area contributed by atoms with Crippen LogP contribution in [0.2, 0.25) is 0 Å². The Kier molecular flexibility index (Phi) is 5.55. The molecule has 142 valence electrons. The maximum atomic E-state index is 12.2. The smallest absolute Gasteiger partial charge is 0.335 e. The van der Waals surface area contributed by atoms with Crippen LogP contribution in [-0.2, 0) is 0 Å². The second-order valence-electron chi connectivity index (χ2n) is 5.94. The van der Waals surface area contributed by atoms with E-state index in [9.17, 15) is 9.59 Å². The van der Waals surface area contributed by atoms with Crippen LogP contribution in [0.1, 0.15) is 32.0 Å². The first-order valence-electron chi connectivity index (χ1n) is 8.40. The largest absolute Gasteiger partial charge is 0.496 e. The zero-order valence-corrected chi connectivity index (χ0v) is 15.3. The van der Waals surface area contributed by atoms with Gasteiger partial charge in [-0.05, 0) is 48.9 Å². The number of furan rings is 1. The average Bonchev–Trinajstić information content (AvgIpc) is 3.16. The summed E-state index contributed by atoms with van der Waals surface area (Å²) in [6.07, 6.45) is 1.39. The molecule has 0 aliphatic carbocycles. The lowest BCUT2D eigenvalue weighted by Gasteiger charge is -2.05. The molecule has 7 nitrogen and oxygen atoms in total. The third kappa shape index (κ3) is 4.09. The highest BCUT2D eigenvalue weighted by Gasteiger charge is 2.11. The number of carbonyl (C=O) groups is 2. The number of amides is 1. The molecule has 1 heterocycles. The van der Waals surface area contributed by atoms with Crippen molar-refractivity contribution in [2.45, 2.75) is 6.92 Å². The van der Waals surface area contributed by atoms with E-state index in [1.54, 1.807) is 48.5 Å². The molecule has 0 atom stereocenters. The van der Waals surface area contributed by atoms with Crippen LogP contribution >= 0.6 is 0 Å². The van der Waals surface area contributed by atoms with E-state index in [4.69, 9.17) is 14.3 Å². The molecule has 0 radical (unpaired) electrons. The highest BCUT2D eigenvalue weighted by Crippen LogP contribution is 2.26. The van der Waals surface area contributed by atoms with Gasteiger partial charge in [0.1, 0.15) is 17.3 Å². The normalized spacial score (nSPS) is 10.8. The number of hydrazone groups is 1. The highest BCUT2D eigenvalue weighted by atomic mass is 16.5. The summed E-state index contributed by atoms with van der Waals surface area (Å²) in [6.45, 7) is 1.81. The molecule has 1 amide bonds. The highest BCUT2D eigenvalue weighted by molar-refractivity contribution is 5.97. The van der Waals surface area contributed by atoms with Gasteiger partial charge in [0, 0.05) is 5.56 Å². The standard InChI is InChI=1S/C21H18N2O5/c1-13-11-14(21(25)26)7-9-16(13)19-10-8-15(28-19)12-22-23-20(24)17-5-3-4-6-18(17)27-2/h3-12H,1-2H3,(H,23,24)(H,25,26)/b22-12-. The van der Waals surface area contributed by atoms with Crippen LogP contribution in [0.5, 0.6) is 5.75 Å². The lowest BCUT2D eigenvalue weighted by atomic mass is 10.0. The molecule has 0 bridgehead atoms. The van der Waals surface area contributed by atoms with Gasteiger partial charge in [0.15, 0.2) is 0 Å². The number of aryl methyl sites for hydroxylation is 1. The van der Waals surface area contributed by atoms with Crippen molar-refractivity contribution in [3.8, 4) is 17.1 Å². The number of aromatic carboxylic acids is 1. The number of nitrogens with zero attached hydrogens (tertiary/aromatic N) is 1. The Hall–Kier alpha value is -3.87. The lowest BCUT2D eigenvalue weighted by Crippen LogP contribution is -2.18. The van der Waals surface area contributed by atoms with Crippen molar-refractivity contribution in [3.63, 3.8) is 0 Å². The Morgan fingerprint density at radius 2 is 1.93 bits per heavy atom. The van der Waals surface area contributed by atoms with Crippen molar-refractivity contribution in [2.24, 2.45) is 5.10 Å². The average molecular weight is 378 g/mol. The molecular formula is C21H18N2O5. The Balaban J connectivity index is 1.71. The summed E-state index contributed by atoms with van der Waals surface area (Å²) in [7, 11) is 1.49. The first kappa shape index (κ1) is 18.9. The molecule has 0 unspecified atom stereocenters. The summed E-state index contributed by atoms with van der Waals surface area (Å²) >= 11 is 0. The summed E-state index contributed by atoms with van der Waals surface area (Å²) in [4.78, 5) is 23.2. The van der Waals surface area contributed by atoms with Gasteiger partial charge in [0.25, 0.3) is 5.91 Å². The molecule has 0 saturated carbocycles. The summed E-state index contributed by atoms with van der Waals surface area (Å²) in [5.41, 5.74) is 4.58. The molecule has 3 aromatic rings. The van der Waals surface area contributed by atoms with Crippen molar-refractivity contribution in [2.75, 3.05) is 7.11 Å². The maximum Gasteiger partial charge on any atom is 0.335 e. The SMILES string of the molecule is COc1ccccc1C(=O)N/N=C\c1ccc(-c2ccc(C(=O)O)cc2C)o1. The van der Waals surface area contributed by atoms with Gasteiger partial charge < -0.3 is 14.3 Å². The lowest BCUT2D eigenvalue weighted by molar-refractivity contribution is 0.0696. The van der Waals surface area contributed by atoms with Gasteiger partial charge in [0.05, 0.1) is 24.5 Å². The van der Waals surface area contributed by atoms with E-state index in [-0.39, 0.29) is 5.56 Å². The number of hydrogen-bond acceptors (Lipinski definition) is 5. The third-order valence-corrected chi connectivity index (χ3v) is 4.08. The van der Waals surface area contributed by atoms with Crippen molar-refractivity contribution in [1.29, 1.82) is 0 Å². The molecule has 0 saturated heterocycles. The van der Waals surface area contributed by atoms with Crippen LogP contribution in [0.25, 0.3) is 11.3 Å². The molecule has 0 aliphatic heterocycles. The van der Waals surface area contributed by atoms with Gasteiger partial charge in [-0.15, -0.1) is 0 Å². The van der Waals surface area contributed by atoms with Crippen LogP contribution in [0.15, 0.2) is 64.1 Å². The van der Waals surface area contributed by atoms with E-state index in [1.165, 1.54) is 19.4 Å². The van der Waals surface area contributed by atoms with E-state index >= 15 is 0 Å². The van der Waals surface area contributed by atoms with E-state index in [2.05, 4.69) is 10.5 Å². The van der Waals surface area contributed by atoms with Gasteiger partial charge in [0.2, 0.25) is 0 Å². The number of nitrogens with one attached hydrogen (secondary N) is 1. The van der Waals surface area contributed by atoms with E-state index < -0.39 is 11.9 Å². The monoisotopic (exact) mass is 378 g/mol. The fourth-order valence-electron chi connectivity index (χ4n) is 2.69. The molecule has 1 aromatic heterocycles. The molecule has 3 rings (SSSR count). The van der Waals surface area contributed by atoms with Gasteiger partial charge in [-0.1, -0.05) is 18.2 Å². The van der Waals surface area contributed by atoms with Crippen LogP contribution in [-0.4, -0.2) is 30.3 Å². The molecule has 2 N–H and O–H groups in total. The summed E-state index contributed by atoms with van der Waals surface area (Å²) in [5.74, 6) is 0.0908. The molecule has 0 aliphatic rings. The number of methoxy groups -OCH3 is 1. The van der Waals surface area contributed by atoms with Gasteiger partial charge in [-0.3, -0.25) is 4.79 Å². The number of ether oxygens (including phenoxy) is 1. The molecular weight excluding hydrogens is 360 g/mol. The van der Waals surface area contributed by atoms with E-state index in [0.717, 1.165) is 11.1 Å². The Morgan fingerprint density at radius 1 is 1.14 bits per heavy atom. The van der Waals surface area contributed by atoms with E-state index in [1.807, 2.05) is 6.92 Å². The van der Waals surface area contributed by atoms with E-state index in [0.29, 0.717) is 22.8 Å². The number of benzene rings is 2. The summed E-state index contributed by atoms with van der Waals surface area (Å²) in [5, 5.41) is 13.0. The summed E-state index contributed by atoms with van der Waals surface area (Å²) < 4.78 is 10.9. The number of para-hydroxylation sites is 1. The molecule has 28 heavy (non-hydrogen) atoms. The molecule has 0 fully saturated rings. The van der Waals surface area contributed by atoms with Crippen LogP contribution in [0.4, 0.5) is 0 Å². The second-order valence-corrected chi connectivity index (χ2v) is 5.94. The van der Waals surface area contributed by atoms with Gasteiger partial charge >= 0.3 is 5.97 Å². The number of carboxylic acid groups (broad SMARTS) is 1. The molecule has 2 aromatic carbocycles. The number of carbonyl (C=O) groups excluding carboxylic acids is 1. The maximum absolute atomic E-state index is 12.2. The number of rotatable bonds is 6. The Bertz CT molecular complexity index is 1050. The van der Waals surface area contributed by atoms with Crippen molar-refractivity contribution in [3.05, 3.63) is 77.0 Å². The van der Waals surface area contributed by atoms with Crippen LogP contribution in [0.3, 0.4) is 0 Å². The predicted octanol–water partition coefficient (Wildman–Crippen LogP) is 3.73. The minimum atomic E-state index is -0.979. The van der Waals surface area contributed by atoms with Crippen molar-refractivity contribution >= 4 is 18.1 Å². The van der Waals surface area contributed by atoms with Crippen LogP contribution < -0.4 is 10.2 Å². The van der Waals surface area contributed by atoms with Gasteiger partial charge in [-0.25, -0.2) is 10.2 Å². The molecule has 0 spiro atoms. The van der Waals surface area contributed by atoms with Crippen molar-refractivity contribution in [1.82, 2.24) is 5.43 Å². The first-order chi connectivity index (χ1) is 13.5. The Labute approximate surface area is 161 Å². The molecule has 7 heteroatoms. The topological polar surface area (TPSA) is 101 Å². The predicted molar refractivity (Wildman–Crippen MR) is 104 cm³/mol. The summed E-state index contributed by atoms with van der Waals surface area (Å²) in [6, 6.07) is 15.1. The number of hydrogen-bond donors (Lipinski definition) is 2. The van der Waals surface area contributed by atoms with Gasteiger partial charge in [-0.2, -0.15) is 5.10 Å². The number of carboxylic acids is 1. The quantitative estimate of drug-likeness (QED) is 0.503. The zero-order valence-electron chi connectivity index (χ0n) is 15.3. The first-order valence-corrected chi connectivity index (χ1v) is 8.40.